The average Bonchev–Trinajstić information content (AvgIpc) is 2.78. The van der Waals surface area contributed by atoms with E-state index >= 15 is 0 Å². The molecule has 0 bridgehead atoms. The van der Waals surface area contributed by atoms with Gasteiger partial charge in [0.1, 0.15) is 0 Å². The third kappa shape index (κ3) is 4.04. The van der Waals surface area contributed by atoms with Crippen LogP contribution < -0.4 is 5.32 Å². The van der Waals surface area contributed by atoms with Crippen LogP contribution in [0, 0.1) is 5.92 Å². The largest absolute Gasteiger partial charge is 0.314 e. The Balaban J connectivity index is 1.80. The van der Waals surface area contributed by atoms with Gasteiger partial charge >= 0.3 is 0 Å². The molecule has 1 atom stereocenters. The highest BCUT2D eigenvalue weighted by molar-refractivity contribution is 7.09. The van der Waals surface area contributed by atoms with Crippen LogP contribution in [0.1, 0.15) is 37.4 Å². The van der Waals surface area contributed by atoms with Crippen LogP contribution in [-0.4, -0.2) is 42.6 Å². The number of nitrogens with one attached hydrogen (secondary N) is 1. The van der Waals surface area contributed by atoms with E-state index in [2.05, 4.69) is 36.4 Å². The Morgan fingerprint density at radius 1 is 1.33 bits per heavy atom. The van der Waals surface area contributed by atoms with Gasteiger partial charge in [0.15, 0.2) is 0 Å². The van der Waals surface area contributed by atoms with Crippen molar-refractivity contribution in [3.8, 4) is 0 Å². The molecule has 3 nitrogen and oxygen atoms in total. The summed E-state index contributed by atoms with van der Waals surface area (Å²) in [6, 6.07) is 0. The molecular formula is C14H25N3S. The molecule has 0 radical (unpaired) electrons. The Kier molecular flexibility index (Phi) is 5.15. The van der Waals surface area contributed by atoms with Crippen molar-refractivity contribution in [1.29, 1.82) is 0 Å². The van der Waals surface area contributed by atoms with E-state index in [1.807, 2.05) is 11.3 Å². The third-order valence-corrected chi connectivity index (χ3v) is 4.35. The summed E-state index contributed by atoms with van der Waals surface area (Å²) in [4.78, 5) is 7.30. The summed E-state index contributed by atoms with van der Waals surface area (Å²) < 4.78 is 0. The fraction of sp³-hybridized carbons (Fsp3) is 0.786. The smallest absolute Gasteiger partial charge is 0.0931 e. The van der Waals surface area contributed by atoms with Crippen molar-refractivity contribution >= 4 is 11.3 Å². The number of piperazine rings is 1. The molecule has 0 spiro atoms. The maximum Gasteiger partial charge on any atom is 0.0931 e. The Hall–Kier alpha value is -0.450. The second-order valence-electron chi connectivity index (χ2n) is 5.68. The highest BCUT2D eigenvalue weighted by Gasteiger charge is 2.15. The summed E-state index contributed by atoms with van der Waals surface area (Å²) >= 11 is 1.83. The van der Waals surface area contributed by atoms with E-state index in [1.54, 1.807) is 0 Å². The van der Waals surface area contributed by atoms with Crippen LogP contribution in [0.2, 0.25) is 0 Å². The normalized spacial score (nSPS) is 19.3. The van der Waals surface area contributed by atoms with Crippen molar-refractivity contribution in [1.82, 2.24) is 15.2 Å². The maximum absolute atomic E-state index is 4.73. The van der Waals surface area contributed by atoms with Gasteiger partial charge in [-0.25, -0.2) is 4.98 Å². The minimum absolute atomic E-state index is 0.554. The first-order valence-corrected chi connectivity index (χ1v) is 7.90. The highest BCUT2D eigenvalue weighted by Crippen LogP contribution is 2.20. The fourth-order valence-electron chi connectivity index (χ4n) is 2.38. The van der Waals surface area contributed by atoms with Gasteiger partial charge in [0, 0.05) is 44.5 Å². The van der Waals surface area contributed by atoms with Gasteiger partial charge in [0.2, 0.25) is 0 Å². The van der Waals surface area contributed by atoms with Crippen molar-refractivity contribution < 1.29 is 0 Å². The number of rotatable bonds is 5. The second-order valence-corrected chi connectivity index (χ2v) is 6.62. The Labute approximate surface area is 115 Å². The van der Waals surface area contributed by atoms with E-state index in [-0.39, 0.29) is 0 Å². The van der Waals surface area contributed by atoms with E-state index in [0.717, 1.165) is 19.5 Å². The molecule has 2 rings (SSSR count). The summed E-state index contributed by atoms with van der Waals surface area (Å²) in [5, 5.41) is 6.93. The standard InChI is InChI=1S/C14H25N3S/c1-11(2)13-10-18-14(16-13)8-12(3)9-17-6-4-15-5-7-17/h10-12,15H,4-9H2,1-3H3. The van der Waals surface area contributed by atoms with Gasteiger partial charge in [0.25, 0.3) is 0 Å². The van der Waals surface area contributed by atoms with Crippen molar-refractivity contribution in [2.45, 2.75) is 33.1 Å². The average molecular weight is 267 g/mol. The molecule has 0 aromatic carbocycles. The highest BCUT2D eigenvalue weighted by atomic mass is 32.1. The molecule has 1 aliphatic rings. The summed E-state index contributed by atoms with van der Waals surface area (Å²) in [5.74, 6) is 1.26. The molecule has 4 heteroatoms. The lowest BCUT2D eigenvalue weighted by molar-refractivity contribution is 0.211. The van der Waals surface area contributed by atoms with Crippen LogP contribution in [0.15, 0.2) is 5.38 Å². The molecule has 102 valence electrons. The number of aromatic nitrogens is 1. The molecule has 0 aliphatic carbocycles. The van der Waals surface area contributed by atoms with Crippen LogP contribution in [0.3, 0.4) is 0 Å². The van der Waals surface area contributed by atoms with Gasteiger partial charge in [-0.2, -0.15) is 0 Å². The molecule has 1 aromatic rings. The number of hydrogen-bond donors (Lipinski definition) is 1. The van der Waals surface area contributed by atoms with Gasteiger partial charge in [-0.1, -0.05) is 20.8 Å². The summed E-state index contributed by atoms with van der Waals surface area (Å²) in [5.41, 5.74) is 1.25. The maximum atomic E-state index is 4.73. The van der Waals surface area contributed by atoms with Gasteiger partial charge in [-0.15, -0.1) is 11.3 Å². The zero-order valence-corrected chi connectivity index (χ0v) is 12.6. The predicted molar refractivity (Wildman–Crippen MR) is 78.4 cm³/mol. The molecule has 1 fully saturated rings. The first-order chi connectivity index (χ1) is 8.65. The van der Waals surface area contributed by atoms with Gasteiger partial charge in [-0.05, 0) is 11.8 Å². The summed E-state index contributed by atoms with van der Waals surface area (Å²) in [6.07, 6.45) is 1.13. The van der Waals surface area contributed by atoms with Crippen LogP contribution in [0.25, 0.3) is 0 Å². The van der Waals surface area contributed by atoms with E-state index in [0.29, 0.717) is 11.8 Å². The molecule has 0 amide bonds. The summed E-state index contributed by atoms with van der Waals surface area (Å²) in [6.45, 7) is 12.6. The Morgan fingerprint density at radius 2 is 2.06 bits per heavy atom. The zero-order valence-electron chi connectivity index (χ0n) is 11.8. The zero-order chi connectivity index (χ0) is 13.0. The molecule has 1 unspecified atom stereocenters. The molecule has 1 saturated heterocycles. The lowest BCUT2D eigenvalue weighted by atomic mass is 10.1. The predicted octanol–water partition coefficient (Wildman–Crippen LogP) is 2.35. The van der Waals surface area contributed by atoms with Crippen molar-refractivity contribution in [3.05, 3.63) is 16.1 Å². The van der Waals surface area contributed by atoms with E-state index < -0.39 is 0 Å². The Morgan fingerprint density at radius 3 is 2.67 bits per heavy atom. The van der Waals surface area contributed by atoms with Gasteiger partial charge < -0.3 is 10.2 Å². The van der Waals surface area contributed by atoms with E-state index in [1.165, 1.54) is 30.3 Å². The van der Waals surface area contributed by atoms with Crippen LogP contribution in [-0.2, 0) is 6.42 Å². The quantitative estimate of drug-likeness (QED) is 0.887. The molecule has 1 N–H and O–H groups in total. The molecule has 2 heterocycles. The number of hydrogen-bond acceptors (Lipinski definition) is 4. The van der Waals surface area contributed by atoms with Crippen LogP contribution >= 0.6 is 11.3 Å². The van der Waals surface area contributed by atoms with Crippen LogP contribution in [0.4, 0.5) is 0 Å². The van der Waals surface area contributed by atoms with Crippen molar-refractivity contribution in [2.24, 2.45) is 5.92 Å². The first kappa shape index (κ1) is 14.0. The third-order valence-electron chi connectivity index (χ3n) is 3.46. The minimum Gasteiger partial charge on any atom is -0.314 e. The van der Waals surface area contributed by atoms with E-state index in [9.17, 15) is 0 Å². The van der Waals surface area contributed by atoms with Crippen molar-refractivity contribution in [2.75, 3.05) is 32.7 Å². The lowest BCUT2D eigenvalue weighted by Gasteiger charge is -2.29. The lowest BCUT2D eigenvalue weighted by Crippen LogP contribution is -2.45. The number of nitrogens with zero attached hydrogens (tertiary/aromatic N) is 2. The Bertz CT molecular complexity index is 356. The molecule has 1 aliphatic heterocycles. The minimum atomic E-state index is 0.554. The van der Waals surface area contributed by atoms with Gasteiger partial charge in [-0.3, -0.25) is 0 Å². The molecular weight excluding hydrogens is 242 g/mol. The SMILES string of the molecule is CC(Cc1nc(C(C)C)cs1)CN1CCNCC1. The topological polar surface area (TPSA) is 28.2 Å². The van der Waals surface area contributed by atoms with Crippen molar-refractivity contribution in [3.63, 3.8) is 0 Å². The fourth-order valence-corrected chi connectivity index (χ4v) is 3.50. The molecule has 18 heavy (non-hydrogen) atoms. The number of thiazole rings is 1. The van der Waals surface area contributed by atoms with E-state index in [4.69, 9.17) is 4.98 Å². The molecule has 0 saturated carbocycles. The van der Waals surface area contributed by atoms with Gasteiger partial charge in [0.05, 0.1) is 10.7 Å². The monoisotopic (exact) mass is 267 g/mol. The first-order valence-electron chi connectivity index (χ1n) is 7.02. The van der Waals surface area contributed by atoms with Crippen LogP contribution in [0.5, 0.6) is 0 Å². The second kappa shape index (κ2) is 6.64. The molecule has 1 aromatic heterocycles. The summed E-state index contributed by atoms with van der Waals surface area (Å²) in [7, 11) is 0.